The van der Waals surface area contributed by atoms with Gasteiger partial charge in [0.25, 0.3) is 10.1 Å². The number of hydrogen-bond acceptors (Lipinski definition) is 6. The summed E-state index contributed by atoms with van der Waals surface area (Å²) in [6.45, 7) is 2.88. The third kappa shape index (κ3) is 5.56. The molecule has 118 valence electrons. The lowest BCUT2D eigenvalue weighted by Gasteiger charge is -2.24. The lowest BCUT2D eigenvalue weighted by molar-refractivity contribution is -0.385. The molecular weight excluding hydrogens is 300 g/mol. The molecule has 8 nitrogen and oxygen atoms in total. The van der Waals surface area contributed by atoms with E-state index in [1.54, 1.807) is 4.90 Å². The Labute approximate surface area is 122 Å². The predicted molar refractivity (Wildman–Crippen MR) is 78.3 cm³/mol. The summed E-state index contributed by atoms with van der Waals surface area (Å²) in [4.78, 5) is 11.8. The minimum Gasteiger partial charge on any atom is -0.502 e. The van der Waals surface area contributed by atoms with Crippen molar-refractivity contribution >= 4 is 21.5 Å². The highest BCUT2D eigenvalue weighted by Gasteiger charge is 2.16. The maximum atomic E-state index is 10.7. The zero-order valence-electron chi connectivity index (χ0n) is 11.6. The molecule has 0 spiro atoms. The van der Waals surface area contributed by atoms with Crippen LogP contribution in [-0.2, 0) is 10.1 Å². The zero-order valence-corrected chi connectivity index (χ0v) is 12.4. The van der Waals surface area contributed by atoms with Gasteiger partial charge in [0.05, 0.1) is 10.7 Å². The molecule has 0 amide bonds. The summed E-state index contributed by atoms with van der Waals surface area (Å²) in [5.41, 5.74) is 0.184. The first-order valence-electron chi connectivity index (χ1n) is 6.42. The molecule has 0 fully saturated rings. The minimum atomic E-state index is -4.01. The molecule has 0 radical (unpaired) electrons. The Kier molecular flexibility index (Phi) is 5.91. The van der Waals surface area contributed by atoms with Gasteiger partial charge in [0.2, 0.25) is 0 Å². The Balaban J connectivity index is 2.85. The van der Waals surface area contributed by atoms with Crippen LogP contribution in [0.4, 0.5) is 11.4 Å². The molecule has 0 aliphatic carbocycles. The van der Waals surface area contributed by atoms with E-state index in [2.05, 4.69) is 0 Å². The average Bonchev–Trinajstić information content (AvgIpc) is 2.35. The summed E-state index contributed by atoms with van der Waals surface area (Å²) in [5.74, 6) is -0.792. The molecule has 1 aromatic rings. The number of phenolic OH excluding ortho intramolecular Hbond substituents is 1. The highest BCUT2D eigenvalue weighted by Crippen LogP contribution is 2.30. The molecule has 0 unspecified atom stereocenters. The molecular formula is C12H18N2O6S. The molecule has 2 N–H and O–H groups in total. The average molecular weight is 318 g/mol. The second kappa shape index (κ2) is 7.23. The minimum absolute atomic E-state index is 0.219. The van der Waals surface area contributed by atoms with E-state index in [1.165, 1.54) is 18.2 Å². The number of hydrogen-bond donors (Lipinski definition) is 2. The number of nitrogens with zero attached hydrogens (tertiary/aromatic N) is 2. The summed E-state index contributed by atoms with van der Waals surface area (Å²) in [7, 11) is -4.01. The SMILES string of the molecule is CCCN(CCCS(=O)(=O)O)c1ccc([N+](=O)[O-])c(O)c1. The molecule has 0 aliphatic heterocycles. The van der Waals surface area contributed by atoms with Crippen LogP contribution in [0, 0.1) is 10.1 Å². The van der Waals surface area contributed by atoms with Gasteiger partial charge in [-0.05, 0) is 18.9 Å². The quantitative estimate of drug-likeness (QED) is 0.426. The fourth-order valence-corrected chi connectivity index (χ4v) is 2.43. The molecule has 1 aromatic carbocycles. The van der Waals surface area contributed by atoms with E-state index in [4.69, 9.17) is 4.55 Å². The number of benzene rings is 1. The third-order valence-corrected chi connectivity index (χ3v) is 3.65. The van der Waals surface area contributed by atoms with Gasteiger partial charge in [0, 0.05) is 30.9 Å². The standard InChI is InChI=1S/C12H18N2O6S/c1-2-6-13(7-3-8-21(18,19)20)10-4-5-11(14(16)17)12(15)9-10/h4-5,9,15H,2-3,6-8H2,1H3,(H,18,19,20). The van der Waals surface area contributed by atoms with E-state index >= 15 is 0 Å². The first kappa shape index (κ1) is 17.2. The van der Waals surface area contributed by atoms with E-state index in [0.717, 1.165) is 6.42 Å². The first-order chi connectivity index (χ1) is 9.74. The Morgan fingerprint density at radius 1 is 1.33 bits per heavy atom. The molecule has 0 aromatic heterocycles. The van der Waals surface area contributed by atoms with E-state index in [1.807, 2.05) is 6.92 Å². The number of nitro groups is 1. The Morgan fingerprint density at radius 2 is 2.00 bits per heavy atom. The van der Waals surface area contributed by atoms with Crippen molar-refractivity contribution in [3.63, 3.8) is 0 Å². The fourth-order valence-electron chi connectivity index (χ4n) is 1.94. The monoisotopic (exact) mass is 318 g/mol. The summed E-state index contributed by atoms with van der Waals surface area (Å²) >= 11 is 0. The third-order valence-electron chi connectivity index (χ3n) is 2.84. The van der Waals surface area contributed by atoms with Crippen molar-refractivity contribution in [3.8, 4) is 5.75 Å². The molecule has 0 bridgehead atoms. The van der Waals surface area contributed by atoms with Crippen LogP contribution in [0.3, 0.4) is 0 Å². The van der Waals surface area contributed by atoms with E-state index in [-0.39, 0.29) is 17.9 Å². The van der Waals surface area contributed by atoms with Crippen LogP contribution in [0.1, 0.15) is 19.8 Å². The van der Waals surface area contributed by atoms with Gasteiger partial charge in [0.15, 0.2) is 5.75 Å². The van der Waals surface area contributed by atoms with Gasteiger partial charge in [-0.15, -0.1) is 0 Å². The Morgan fingerprint density at radius 3 is 2.48 bits per heavy atom. The van der Waals surface area contributed by atoms with Crippen LogP contribution < -0.4 is 4.90 Å². The van der Waals surface area contributed by atoms with Gasteiger partial charge < -0.3 is 10.0 Å². The first-order valence-corrected chi connectivity index (χ1v) is 8.03. The predicted octanol–water partition coefficient (Wildman–Crippen LogP) is 1.79. The lowest BCUT2D eigenvalue weighted by Crippen LogP contribution is -2.26. The van der Waals surface area contributed by atoms with Crippen molar-refractivity contribution in [2.24, 2.45) is 0 Å². The Hall–Kier alpha value is -1.87. The van der Waals surface area contributed by atoms with Crippen molar-refractivity contribution in [2.45, 2.75) is 19.8 Å². The van der Waals surface area contributed by atoms with Gasteiger partial charge >= 0.3 is 5.69 Å². The smallest absolute Gasteiger partial charge is 0.310 e. The van der Waals surface area contributed by atoms with Crippen molar-refractivity contribution in [3.05, 3.63) is 28.3 Å². The fraction of sp³-hybridized carbons (Fsp3) is 0.500. The molecule has 0 saturated heterocycles. The van der Waals surface area contributed by atoms with Gasteiger partial charge in [-0.1, -0.05) is 6.92 Å². The summed E-state index contributed by atoms with van der Waals surface area (Å²) in [6.07, 6.45) is 1.00. The van der Waals surface area contributed by atoms with E-state index < -0.39 is 20.8 Å². The van der Waals surface area contributed by atoms with Crippen LogP contribution in [0.25, 0.3) is 0 Å². The molecule has 0 saturated carbocycles. The van der Waals surface area contributed by atoms with Crippen LogP contribution in [0.5, 0.6) is 5.75 Å². The number of anilines is 1. The largest absolute Gasteiger partial charge is 0.502 e. The van der Waals surface area contributed by atoms with E-state index in [9.17, 15) is 23.6 Å². The number of aromatic hydroxyl groups is 1. The van der Waals surface area contributed by atoms with Crippen molar-refractivity contribution in [1.29, 1.82) is 0 Å². The summed E-state index contributed by atoms with van der Waals surface area (Å²) < 4.78 is 30.1. The Bertz CT molecular complexity index is 602. The maximum absolute atomic E-state index is 10.7. The second-order valence-corrected chi connectivity index (χ2v) is 6.13. The molecule has 1 rings (SSSR count). The topological polar surface area (TPSA) is 121 Å². The van der Waals surface area contributed by atoms with Gasteiger partial charge in [-0.2, -0.15) is 8.42 Å². The molecule has 9 heteroatoms. The molecule has 0 atom stereocenters. The number of phenols is 1. The van der Waals surface area contributed by atoms with Gasteiger partial charge in [-0.3, -0.25) is 14.7 Å². The highest BCUT2D eigenvalue weighted by molar-refractivity contribution is 7.85. The number of rotatable bonds is 8. The van der Waals surface area contributed by atoms with Crippen LogP contribution in [0.2, 0.25) is 0 Å². The van der Waals surface area contributed by atoms with Crippen molar-refractivity contribution < 1.29 is 23.0 Å². The van der Waals surface area contributed by atoms with Crippen LogP contribution in [0.15, 0.2) is 18.2 Å². The second-order valence-electron chi connectivity index (χ2n) is 4.56. The maximum Gasteiger partial charge on any atom is 0.310 e. The van der Waals surface area contributed by atoms with Crippen molar-refractivity contribution in [2.75, 3.05) is 23.7 Å². The highest BCUT2D eigenvalue weighted by atomic mass is 32.2. The molecule has 0 aliphatic rings. The van der Waals surface area contributed by atoms with Gasteiger partial charge in [0.1, 0.15) is 0 Å². The summed E-state index contributed by atoms with van der Waals surface area (Å²) in [6, 6.07) is 3.98. The molecule has 0 heterocycles. The normalized spacial score (nSPS) is 11.3. The lowest BCUT2D eigenvalue weighted by atomic mass is 10.2. The van der Waals surface area contributed by atoms with Crippen LogP contribution >= 0.6 is 0 Å². The van der Waals surface area contributed by atoms with E-state index in [0.29, 0.717) is 18.8 Å². The van der Waals surface area contributed by atoms with Gasteiger partial charge in [-0.25, -0.2) is 0 Å². The zero-order chi connectivity index (χ0) is 16.0. The number of nitro benzene ring substituents is 1. The molecule has 21 heavy (non-hydrogen) atoms. The van der Waals surface area contributed by atoms with Crippen LogP contribution in [-0.4, -0.2) is 41.8 Å². The summed E-state index contributed by atoms with van der Waals surface area (Å²) in [5, 5.41) is 20.3. The van der Waals surface area contributed by atoms with Crippen molar-refractivity contribution in [1.82, 2.24) is 0 Å².